The fourth-order valence-electron chi connectivity index (χ4n) is 1.77. The minimum absolute atomic E-state index is 0.0651. The molecule has 1 heterocycles. The zero-order chi connectivity index (χ0) is 15.5. The summed E-state index contributed by atoms with van der Waals surface area (Å²) in [5.41, 5.74) is 0.111. The van der Waals surface area contributed by atoms with Gasteiger partial charge in [0.2, 0.25) is 0 Å². The van der Waals surface area contributed by atoms with Gasteiger partial charge in [-0.2, -0.15) is 0 Å². The molecule has 0 fully saturated rings. The van der Waals surface area contributed by atoms with Crippen LogP contribution in [-0.2, 0) is 4.74 Å². The normalized spacial score (nSPS) is 14.8. The summed E-state index contributed by atoms with van der Waals surface area (Å²) in [5, 5.41) is 22.5. The molecule has 3 N–H and O–H groups in total. The van der Waals surface area contributed by atoms with Crippen molar-refractivity contribution in [3.8, 4) is 0 Å². The Labute approximate surface area is 123 Å². The largest absolute Gasteiger partial charge is 0.444 e. The van der Waals surface area contributed by atoms with Gasteiger partial charge in [-0.15, -0.1) is 11.3 Å². The number of amides is 1. The number of alkyl carbamates (subject to hydrolysis) is 1. The van der Waals surface area contributed by atoms with Gasteiger partial charge in [-0.3, -0.25) is 0 Å². The molecule has 20 heavy (non-hydrogen) atoms. The Morgan fingerprint density at radius 3 is 2.45 bits per heavy atom. The summed E-state index contributed by atoms with van der Waals surface area (Å²) < 4.78 is 5.06. The quantitative estimate of drug-likeness (QED) is 0.797. The first-order chi connectivity index (χ1) is 9.10. The van der Waals surface area contributed by atoms with Crippen LogP contribution in [0.3, 0.4) is 0 Å². The Kier molecular flexibility index (Phi) is 5.56. The van der Waals surface area contributed by atoms with Gasteiger partial charge >= 0.3 is 6.09 Å². The molecule has 0 radical (unpaired) electrons. The summed E-state index contributed by atoms with van der Waals surface area (Å²) in [6.45, 7) is 9.05. The van der Waals surface area contributed by atoms with Crippen molar-refractivity contribution in [3.05, 3.63) is 21.4 Å². The number of hydrogen-bond donors (Lipinski definition) is 3. The Hall–Kier alpha value is -1.11. The van der Waals surface area contributed by atoms with Crippen molar-refractivity contribution in [3.63, 3.8) is 0 Å². The molecular weight excluding hydrogens is 278 g/mol. The molecule has 1 amide bonds. The predicted molar refractivity (Wildman–Crippen MR) is 79.0 cm³/mol. The Bertz CT molecular complexity index is 464. The average molecular weight is 301 g/mol. The predicted octanol–water partition coefficient (Wildman–Crippen LogP) is 2.28. The number of hydrogen-bond acceptors (Lipinski definition) is 5. The molecule has 1 aromatic rings. The van der Waals surface area contributed by atoms with Gasteiger partial charge in [-0.1, -0.05) is 0 Å². The number of thiophene rings is 1. The third-order valence-electron chi connectivity index (χ3n) is 2.62. The summed E-state index contributed by atoms with van der Waals surface area (Å²) in [7, 11) is 0. The van der Waals surface area contributed by atoms with Crippen LogP contribution in [0.2, 0.25) is 0 Å². The maximum atomic E-state index is 11.5. The van der Waals surface area contributed by atoms with Gasteiger partial charge in [0.15, 0.2) is 0 Å². The van der Waals surface area contributed by atoms with Crippen LogP contribution >= 0.6 is 11.3 Å². The van der Waals surface area contributed by atoms with E-state index in [1.807, 2.05) is 19.9 Å². The molecule has 0 aliphatic heterocycles. The molecule has 6 heteroatoms. The molecule has 0 saturated heterocycles. The summed E-state index contributed by atoms with van der Waals surface area (Å²) >= 11 is 1.56. The molecule has 5 nitrogen and oxygen atoms in total. The highest BCUT2D eigenvalue weighted by Gasteiger charge is 2.23. The lowest BCUT2D eigenvalue weighted by atomic mass is 10.1. The van der Waals surface area contributed by atoms with Gasteiger partial charge in [0.05, 0.1) is 0 Å². The molecule has 0 spiro atoms. The van der Waals surface area contributed by atoms with Crippen LogP contribution in [-0.4, -0.2) is 34.6 Å². The van der Waals surface area contributed by atoms with Crippen molar-refractivity contribution in [2.75, 3.05) is 6.54 Å². The minimum Gasteiger partial charge on any atom is -0.444 e. The smallest absolute Gasteiger partial charge is 0.407 e. The lowest BCUT2D eigenvalue weighted by molar-refractivity contribution is 0.0129. The average Bonchev–Trinajstić information content (AvgIpc) is 2.62. The number of nitrogens with one attached hydrogen (secondary N) is 1. The van der Waals surface area contributed by atoms with E-state index >= 15 is 0 Å². The van der Waals surface area contributed by atoms with Gasteiger partial charge in [0, 0.05) is 16.3 Å². The van der Waals surface area contributed by atoms with E-state index in [1.54, 1.807) is 32.1 Å². The van der Waals surface area contributed by atoms with Crippen molar-refractivity contribution in [2.24, 2.45) is 0 Å². The second-order valence-corrected chi connectivity index (χ2v) is 7.22. The molecule has 1 aromatic heterocycles. The number of aryl methyl sites for hydroxylation is 2. The molecule has 114 valence electrons. The van der Waals surface area contributed by atoms with Crippen LogP contribution < -0.4 is 5.32 Å². The molecule has 0 aliphatic carbocycles. The highest BCUT2D eigenvalue weighted by atomic mass is 32.1. The Morgan fingerprint density at radius 1 is 1.40 bits per heavy atom. The van der Waals surface area contributed by atoms with Crippen LogP contribution in [0, 0.1) is 13.8 Å². The molecule has 2 unspecified atom stereocenters. The lowest BCUT2D eigenvalue weighted by Gasteiger charge is -2.22. The van der Waals surface area contributed by atoms with Crippen LogP contribution in [0.15, 0.2) is 6.07 Å². The minimum atomic E-state index is -1.07. The van der Waals surface area contributed by atoms with E-state index < -0.39 is 23.9 Å². The SMILES string of the molecule is Cc1cc(C(O)C(O)CNC(=O)OC(C)(C)C)c(C)s1. The van der Waals surface area contributed by atoms with E-state index in [1.165, 1.54) is 0 Å². The lowest BCUT2D eigenvalue weighted by Crippen LogP contribution is -2.38. The molecule has 1 rings (SSSR count). The van der Waals surface area contributed by atoms with E-state index in [0.29, 0.717) is 5.56 Å². The molecule has 0 aromatic carbocycles. The first-order valence-electron chi connectivity index (χ1n) is 6.50. The van der Waals surface area contributed by atoms with Gasteiger partial charge < -0.3 is 20.3 Å². The molecule has 0 aliphatic rings. The first kappa shape index (κ1) is 16.9. The van der Waals surface area contributed by atoms with Crippen molar-refractivity contribution >= 4 is 17.4 Å². The van der Waals surface area contributed by atoms with E-state index in [4.69, 9.17) is 4.74 Å². The number of carbonyl (C=O) groups is 1. The van der Waals surface area contributed by atoms with Gasteiger partial charge in [-0.05, 0) is 46.2 Å². The molecule has 2 atom stereocenters. The zero-order valence-electron chi connectivity index (χ0n) is 12.6. The summed E-state index contributed by atoms with van der Waals surface area (Å²) in [6.07, 6.45) is -2.70. The number of aliphatic hydroxyl groups excluding tert-OH is 2. The van der Waals surface area contributed by atoms with Crippen molar-refractivity contribution < 1.29 is 19.7 Å². The van der Waals surface area contributed by atoms with Crippen LogP contribution in [0.4, 0.5) is 4.79 Å². The topological polar surface area (TPSA) is 78.8 Å². The number of carbonyl (C=O) groups excluding carboxylic acids is 1. The number of rotatable bonds is 4. The maximum absolute atomic E-state index is 11.5. The first-order valence-corrected chi connectivity index (χ1v) is 7.31. The summed E-state index contributed by atoms with van der Waals surface area (Å²) in [6, 6.07) is 1.85. The Balaban J connectivity index is 2.52. The third-order valence-corrected chi connectivity index (χ3v) is 3.60. The number of aliphatic hydroxyl groups is 2. The van der Waals surface area contributed by atoms with Crippen molar-refractivity contribution in [1.82, 2.24) is 5.32 Å². The fraction of sp³-hybridized carbons (Fsp3) is 0.643. The zero-order valence-corrected chi connectivity index (χ0v) is 13.4. The third kappa shape index (κ3) is 5.11. The van der Waals surface area contributed by atoms with E-state index in [0.717, 1.165) is 9.75 Å². The highest BCUT2D eigenvalue weighted by Crippen LogP contribution is 2.28. The van der Waals surface area contributed by atoms with Crippen LogP contribution in [0.25, 0.3) is 0 Å². The molecule has 0 bridgehead atoms. The second-order valence-electron chi connectivity index (χ2n) is 5.76. The van der Waals surface area contributed by atoms with Gasteiger partial charge in [0.1, 0.15) is 17.8 Å². The van der Waals surface area contributed by atoms with Crippen LogP contribution in [0.5, 0.6) is 0 Å². The highest BCUT2D eigenvalue weighted by molar-refractivity contribution is 7.12. The standard InChI is InChI=1S/C14H23NO4S/c1-8-6-10(9(2)20-8)12(17)11(16)7-15-13(18)19-14(3,4)5/h6,11-12,16-17H,7H2,1-5H3,(H,15,18). The molecule has 0 saturated carbocycles. The van der Waals surface area contributed by atoms with E-state index in [-0.39, 0.29) is 6.54 Å². The monoisotopic (exact) mass is 301 g/mol. The number of ether oxygens (including phenoxy) is 1. The van der Waals surface area contributed by atoms with Crippen molar-refractivity contribution in [2.45, 2.75) is 52.4 Å². The van der Waals surface area contributed by atoms with Gasteiger partial charge in [-0.25, -0.2) is 4.79 Å². The van der Waals surface area contributed by atoms with Gasteiger partial charge in [0.25, 0.3) is 0 Å². The van der Waals surface area contributed by atoms with E-state index in [2.05, 4.69) is 5.32 Å². The van der Waals surface area contributed by atoms with Crippen LogP contribution in [0.1, 0.15) is 42.2 Å². The maximum Gasteiger partial charge on any atom is 0.407 e. The molecular formula is C14H23NO4S. The van der Waals surface area contributed by atoms with Crippen molar-refractivity contribution in [1.29, 1.82) is 0 Å². The fourth-order valence-corrected chi connectivity index (χ4v) is 2.73. The van der Waals surface area contributed by atoms with E-state index in [9.17, 15) is 15.0 Å². The summed E-state index contributed by atoms with van der Waals surface area (Å²) in [4.78, 5) is 13.5. The Morgan fingerprint density at radius 2 is 2.00 bits per heavy atom. The summed E-state index contributed by atoms with van der Waals surface area (Å²) in [5.74, 6) is 0. The second kappa shape index (κ2) is 6.56.